The largest absolute Gasteiger partial charge is 0.495 e. The van der Waals surface area contributed by atoms with Crippen molar-refractivity contribution >= 4 is 51.6 Å². The average molecular weight is 480 g/mol. The second-order valence-corrected chi connectivity index (χ2v) is 5.22. The minimum atomic E-state index is -0.314. The van der Waals surface area contributed by atoms with E-state index in [1.54, 1.807) is 13.2 Å². The molecule has 0 amide bonds. The molecule has 0 atom stereocenters. The predicted octanol–water partition coefficient (Wildman–Crippen LogP) is 4.14. The number of nitrogens with one attached hydrogen (secondary N) is 1. The number of benzene rings is 2. The zero-order chi connectivity index (χ0) is 15.2. The summed E-state index contributed by atoms with van der Waals surface area (Å²) >= 11 is 3.24. The highest BCUT2D eigenvalue weighted by molar-refractivity contribution is 14.0. The van der Waals surface area contributed by atoms with Crippen molar-refractivity contribution in [1.29, 1.82) is 0 Å². The van der Waals surface area contributed by atoms with Crippen molar-refractivity contribution in [3.05, 3.63) is 58.3 Å². The summed E-state index contributed by atoms with van der Waals surface area (Å²) in [5.41, 5.74) is 7.28. The van der Waals surface area contributed by atoms with E-state index in [4.69, 9.17) is 10.5 Å². The number of halogens is 3. The molecule has 118 valence electrons. The minimum absolute atomic E-state index is 0. The number of methoxy groups -OCH3 is 1. The maximum absolute atomic E-state index is 13.3. The van der Waals surface area contributed by atoms with Crippen LogP contribution in [0.1, 0.15) is 5.56 Å². The summed E-state index contributed by atoms with van der Waals surface area (Å²) in [7, 11) is 1.58. The molecule has 0 unspecified atom stereocenters. The molecule has 0 saturated heterocycles. The lowest BCUT2D eigenvalue weighted by atomic mass is 10.2. The summed E-state index contributed by atoms with van der Waals surface area (Å²) in [6, 6.07) is 12.0. The number of anilines is 1. The van der Waals surface area contributed by atoms with Crippen molar-refractivity contribution in [3.8, 4) is 5.75 Å². The van der Waals surface area contributed by atoms with Gasteiger partial charge >= 0.3 is 0 Å². The number of ether oxygens (including phenoxy) is 1. The fourth-order valence-corrected chi connectivity index (χ4v) is 2.32. The molecule has 7 heteroatoms. The molecule has 22 heavy (non-hydrogen) atoms. The molecule has 0 spiro atoms. The van der Waals surface area contributed by atoms with Gasteiger partial charge in [0.25, 0.3) is 0 Å². The monoisotopic (exact) mass is 479 g/mol. The molecule has 0 saturated carbocycles. The van der Waals surface area contributed by atoms with E-state index in [1.807, 2.05) is 24.3 Å². The Balaban J connectivity index is 0.00000242. The van der Waals surface area contributed by atoms with Crippen LogP contribution in [0.25, 0.3) is 0 Å². The summed E-state index contributed by atoms with van der Waals surface area (Å²) in [5.74, 6) is 0.592. The Morgan fingerprint density at radius 3 is 2.73 bits per heavy atom. The van der Waals surface area contributed by atoms with Crippen LogP contribution in [0.4, 0.5) is 10.1 Å². The van der Waals surface area contributed by atoms with Gasteiger partial charge < -0.3 is 15.8 Å². The van der Waals surface area contributed by atoms with Gasteiger partial charge in [0.15, 0.2) is 5.96 Å². The zero-order valence-corrected chi connectivity index (χ0v) is 15.8. The second kappa shape index (κ2) is 8.94. The minimum Gasteiger partial charge on any atom is -0.495 e. The van der Waals surface area contributed by atoms with Crippen molar-refractivity contribution in [2.75, 3.05) is 12.4 Å². The van der Waals surface area contributed by atoms with Crippen LogP contribution in [0.15, 0.2) is 51.9 Å². The van der Waals surface area contributed by atoms with Crippen LogP contribution >= 0.6 is 39.9 Å². The van der Waals surface area contributed by atoms with Gasteiger partial charge in [0.05, 0.1) is 19.3 Å². The number of hydrogen-bond donors (Lipinski definition) is 2. The van der Waals surface area contributed by atoms with Crippen LogP contribution in [-0.4, -0.2) is 13.1 Å². The van der Waals surface area contributed by atoms with Gasteiger partial charge in [-0.3, -0.25) is 0 Å². The number of nitrogens with two attached hydrogens (primary N) is 1. The quantitative estimate of drug-likeness (QED) is 0.393. The molecule has 0 aliphatic carbocycles. The van der Waals surface area contributed by atoms with E-state index >= 15 is 0 Å². The second-order valence-electron chi connectivity index (χ2n) is 4.30. The number of hydrogen-bond acceptors (Lipinski definition) is 2. The Morgan fingerprint density at radius 1 is 1.32 bits per heavy atom. The first kappa shape index (κ1) is 18.7. The van der Waals surface area contributed by atoms with E-state index in [0.717, 1.165) is 11.3 Å². The Kier molecular flexibility index (Phi) is 7.60. The van der Waals surface area contributed by atoms with Crippen molar-refractivity contribution in [2.24, 2.45) is 10.7 Å². The molecular formula is C15H16BrFIN3O. The molecule has 0 fully saturated rings. The Hall–Kier alpha value is -1.35. The molecular weight excluding hydrogens is 464 g/mol. The van der Waals surface area contributed by atoms with Gasteiger partial charge in [-0.25, -0.2) is 9.38 Å². The lowest BCUT2D eigenvalue weighted by Gasteiger charge is -2.10. The Bertz CT molecular complexity index is 647. The summed E-state index contributed by atoms with van der Waals surface area (Å²) in [4.78, 5) is 4.19. The van der Waals surface area contributed by atoms with Gasteiger partial charge in [0.1, 0.15) is 11.6 Å². The Labute approximate surface area is 154 Å². The van der Waals surface area contributed by atoms with E-state index < -0.39 is 0 Å². The van der Waals surface area contributed by atoms with Gasteiger partial charge in [-0.15, -0.1) is 24.0 Å². The molecule has 0 aliphatic rings. The maximum Gasteiger partial charge on any atom is 0.193 e. The van der Waals surface area contributed by atoms with E-state index in [9.17, 15) is 4.39 Å². The van der Waals surface area contributed by atoms with Crippen molar-refractivity contribution < 1.29 is 9.13 Å². The van der Waals surface area contributed by atoms with Crippen molar-refractivity contribution in [2.45, 2.75) is 6.54 Å². The highest BCUT2D eigenvalue weighted by Crippen LogP contribution is 2.22. The number of nitrogens with zero attached hydrogens (tertiary/aromatic N) is 1. The molecule has 0 bridgehead atoms. The number of rotatable bonds is 4. The topological polar surface area (TPSA) is 59.6 Å². The Morgan fingerprint density at radius 2 is 2.05 bits per heavy atom. The van der Waals surface area contributed by atoms with Crippen molar-refractivity contribution in [3.63, 3.8) is 0 Å². The first-order valence-electron chi connectivity index (χ1n) is 6.23. The van der Waals surface area contributed by atoms with Crippen LogP contribution in [0.3, 0.4) is 0 Å². The summed E-state index contributed by atoms with van der Waals surface area (Å²) < 4.78 is 19.1. The predicted molar refractivity (Wildman–Crippen MR) is 101 cm³/mol. The molecule has 3 N–H and O–H groups in total. The van der Waals surface area contributed by atoms with E-state index in [1.165, 1.54) is 12.1 Å². The van der Waals surface area contributed by atoms with Gasteiger partial charge in [-0.1, -0.05) is 28.1 Å². The average Bonchev–Trinajstić information content (AvgIpc) is 2.45. The SMILES string of the molecule is COc1ccccc1NC(N)=NCc1cc(F)cc(Br)c1.I. The summed E-state index contributed by atoms with van der Waals surface area (Å²) in [6.45, 7) is 0.282. The van der Waals surface area contributed by atoms with Gasteiger partial charge in [-0.05, 0) is 35.9 Å². The van der Waals surface area contributed by atoms with Crippen LogP contribution in [0, 0.1) is 5.82 Å². The third kappa shape index (κ3) is 5.45. The first-order chi connectivity index (χ1) is 10.1. The van der Waals surface area contributed by atoms with Crippen molar-refractivity contribution in [1.82, 2.24) is 0 Å². The van der Waals surface area contributed by atoms with Crippen LogP contribution < -0.4 is 15.8 Å². The highest BCUT2D eigenvalue weighted by Gasteiger charge is 2.03. The lowest BCUT2D eigenvalue weighted by Crippen LogP contribution is -2.22. The number of guanidine groups is 1. The molecule has 0 radical (unpaired) electrons. The van der Waals surface area contributed by atoms with Crippen LogP contribution in [-0.2, 0) is 6.54 Å². The molecule has 2 rings (SSSR count). The molecule has 0 aliphatic heterocycles. The summed E-state index contributed by atoms with van der Waals surface area (Å²) in [6.07, 6.45) is 0. The molecule has 0 aromatic heterocycles. The molecule has 2 aromatic carbocycles. The smallest absolute Gasteiger partial charge is 0.193 e. The van der Waals surface area contributed by atoms with Gasteiger partial charge in [0.2, 0.25) is 0 Å². The lowest BCUT2D eigenvalue weighted by molar-refractivity contribution is 0.417. The standard InChI is InChI=1S/C15H15BrFN3O.HI/c1-21-14-5-3-2-4-13(14)20-15(18)19-9-10-6-11(16)8-12(17)7-10;/h2-8H,9H2,1H3,(H3,18,19,20);1H. The van der Waals surface area contributed by atoms with Gasteiger partial charge in [-0.2, -0.15) is 0 Å². The van der Waals surface area contributed by atoms with E-state index in [2.05, 4.69) is 26.2 Å². The van der Waals surface area contributed by atoms with Gasteiger partial charge in [0, 0.05) is 4.47 Å². The summed E-state index contributed by atoms with van der Waals surface area (Å²) in [5, 5.41) is 2.96. The zero-order valence-electron chi connectivity index (χ0n) is 11.8. The molecule has 0 heterocycles. The maximum atomic E-state index is 13.3. The fraction of sp³-hybridized carbons (Fsp3) is 0.133. The van der Waals surface area contributed by atoms with E-state index in [0.29, 0.717) is 10.2 Å². The third-order valence-corrected chi connectivity index (χ3v) is 3.18. The van der Waals surface area contributed by atoms with E-state index in [-0.39, 0.29) is 42.3 Å². The first-order valence-corrected chi connectivity index (χ1v) is 7.02. The molecule has 2 aromatic rings. The number of aliphatic imine (C=N–C) groups is 1. The third-order valence-electron chi connectivity index (χ3n) is 2.72. The fourth-order valence-electron chi connectivity index (χ4n) is 1.80. The molecule has 4 nitrogen and oxygen atoms in total. The highest BCUT2D eigenvalue weighted by atomic mass is 127. The number of para-hydroxylation sites is 2. The normalized spacial score (nSPS) is 10.8. The van der Waals surface area contributed by atoms with Crippen LogP contribution in [0.5, 0.6) is 5.75 Å². The van der Waals surface area contributed by atoms with Crippen LogP contribution in [0.2, 0.25) is 0 Å².